The molecule has 230 valence electrons. The van der Waals surface area contributed by atoms with Gasteiger partial charge in [-0.05, 0) is 34.4 Å². The highest BCUT2D eigenvalue weighted by Gasteiger charge is 2.43. The minimum atomic E-state index is -4.77. The van der Waals surface area contributed by atoms with Crippen LogP contribution in [-0.2, 0) is 16.8 Å². The number of carboxylic acids is 1. The first-order valence-corrected chi connectivity index (χ1v) is 13.8. The molecule has 0 unspecified atom stereocenters. The van der Waals surface area contributed by atoms with Crippen molar-refractivity contribution in [2.75, 3.05) is 12.8 Å². The molecule has 1 aromatic heterocycles. The van der Waals surface area contributed by atoms with E-state index in [1.54, 1.807) is 84.9 Å². The van der Waals surface area contributed by atoms with Crippen molar-refractivity contribution in [3.8, 4) is 34.0 Å². The van der Waals surface area contributed by atoms with Crippen LogP contribution in [0.25, 0.3) is 22.4 Å². The SMILES string of the molecule is COc1cccc(-c2ccc([C@@H](Oc3cc(-c4ccc(C[C@@](N)(C(=O)O)c5ccccc5)cc4)nc(N)n3)C(F)(F)F)cc2)c1. The molecule has 0 spiro atoms. The van der Waals surface area contributed by atoms with Crippen LogP contribution < -0.4 is 20.9 Å². The molecular formula is C34H29F3N4O4. The summed E-state index contributed by atoms with van der Waals surface area (Å²) in [6.45, 7) is 0. The van der Waals surface area contributed by atoms with E-state index in [9.17, 15) is 23.1 Å². The molecule has 0 fully saturated rings. The van der Waals surface area contributed by atoms with Crippen LogP contribution in [0.15, 0.2) is 109 Å². The number of rotatable bonds is 10. The van der Waals surface area contributed by atoms with Crippen LogP contribution in [0, 0.1) is 0 Å². The molecule has 2 atom stereocenters. The molecule has 45 heavy (non-hydrogen) atoms. The highest BCUT2D eigenvalue weighted by Crippen LogP contribution is 2.38. The molecule has 11 heteroatoms. The summed E-state index contributed by atoms with van der Waals surface area (Å²) in [6.07, 6.45) is -7.10. The predicted molar refractivity (Wildman–Crippen MR) is 163 cm³/mol. The number of nitrogen functional groups attached to an aromatic ring is 1. The number of hydrogen-bond acceptors (Lipinski definition) is 7. The number of nitrogens with zero attached hydrogens (tertiary/aromatic N) is 2. The Morgan fingerprint density at radius 3 is 2.13 bits per heavy atom. The average Bonchev–Trinajstić information content (AvgIpc) is 3.03. The molecule has 0 aliphatic carbocycles. The van der Waals surface area contributed by atoms with Gasteiger partial charge in [0.15, 0.2) is 0 Å². The highest BCUT2D eigenvalue weighted by atomic mass is 19.4. The zero-order valence-electron chi connectivity index (χ0n) is 24.0. The van der Waals surface area contributed by atoms with Crippen molar-refractivity contribution in [3.05, 3.63) is 126 Å². The summed E-state index contributed by atoms with van der Waals surface area (Å²) < 4.78 is 53.3. The minimum absolute atomic E-state index is 0.00320. The second-order valence-electron chi connectivity index (χ2n) is 10.4. The Labute approximate surface area is 257 Å². The van der Waals surface area contributed by atoms with Crippen LogP contribution in [0.5, 0.6) is 11.6 Å². The average molecular weight is 615 g/mol. The van der Waals surface area contributed by atoms with Crippen LogP contribution in [0.1, 0.15) is 22.8 Å². The lowest BCUT2D eigenvalue weighted by Crippen LogP contribution is -2.46. The summed E-state index contributed by atoms with van der Waals surface area (Å²) in [5.74, 6) is -1.20. The van der Waals surface area contributed by atoms with E-state index in [0.717, 1.165) is 5.56 Å². The number of anilines is 1. The fourth-order valence-corrected chi connectivity index (χ4v) is 4.90. The van der Waals surface area contributed by atoms with Gasteiger partial charge in [-0.1, -0.05) is 91.0 Å². The van der Waals surface area contributed by atoms with E-state index in [-0.39, 0.29) is 29.5 Å². The normalized spacial score (nSPS) is 13.4. The second-order valence-corrected chi connectivity index (χ2v) is 10.4. The number of halogens is 3. The maximum atomic E-state index is 14.2. The predicted octanol–water partition coefficient (Wildman–Crippen LogP) is 6.57. The zero-order valence-corrected chi connectivity index (χ0v) is 24.0. The van der Waals surface area contributed by atoms with Crippen LogP contribution in [-0.4, -0.2) is 34.3 Å². The van der Waals surface area contributed by atoms with E-state index in [0.29, 0.717) is 28.0 Å². The van der Waals surface area contributed by atoms with Crippen molar-refractivity contribution in [1.82, 2.24) is 9.97 Å². The van der Waals surface area contributed by atoms with Gasteiger partial charge in [0.2, 0.25) is 17.9 Å². The molecular weight excluding hydrogens is 585 g/mol. The molecule has 4 aromatic carbocycles. The quantitative estimate of drug-likeness (QED) is 0.161. The van der Waals surface area contributed by atoms with Crippen molar-refractivity contribution >= 4 is 11.9 Å². The summed E-state index contributed by atoms with van der Waals surface area (Å²) in [7, 11) is 1.53. The number of hydrogen-bond donors (Lipinski definition) is 3. The van der Waals surface area contributed by atoms with E-state index in [2.05, 4.69) is 9.97 Å². The lowest BCUT2D eigenvalue weighted by atomic mass is 9.84. The van der Waals surface area contributed by atoms with Gasteiger partial charge in [-0.15, -0.1) is 0 Å². The Kier molecular flexibility index (Phi) is 8.73. The molecule has 0 saturated carbocycles. The molecule has 0 saturated heterocycles. The number of aliphatic carboxylic acids is 1. The Morgan fingerprint density at radius 1 is 0.844 bits per heavy atom. The number of aromatic nitrogens is 2. The summed E-state index contributed by atoms with van der Waals surface area (Å²) >= 11 is 0. The molecule has 0 aliphatic rings. The first-order valence-electron chi connectivity index (χ1n) is 13.8. The van der Waals surface area contributed by atoms with E-state index in [4.69, 9.17) is 20.9 Å². The zero-order chi connectivity index (χ0) is 32.2. The van der Waals surface area contributed by atoms with E-state index < -0.39 is 23.8 Å². The van der Waals surface area contributed by atoms with Crippen molar-refractivity contribution in [1.29, 1.82) is 0 Å². The number of carbonyl (C=O) groups is 1. The maximum absolute atomic E-state index is 14.2. The minimum Gasteiger partial charge on any atom is -0.497 e. The molecule has 5 rings (SSSR count). The third kappa shape index (κ3) is 7.05. The summed E-state index contributed by atoms with van der Waals surface area (Å²) in [5, 5.41) is 9.88. The number of methoxy groups -OCH3 is 1. The van der Waals surface area contributed by atoms with Gasteiger partial charge < -0.3 is 26.0 Å². The molecule has 8 nitrogen and oxygen atoms in total. The van der Waals surface area contributed by atoms with Crippen molar-refractivity contribution < 1.29 is 32.5 Å². The summed E-state index contributed by atoms with van der Waals surface area (Å²) in [5.41, 5.74) is 13.7. The first kappa shape index (κ1) is 31.0. The molecule has 1 heterocycles. The largest absolute Gasteiger partial charge is 0.497 e. The van der Waals surface area contributed by atoms with Crippen LogP contribution in [0.4, 0.5) is 19.1 Å². The van der Waals surface area contributed by atoms with Crippen LogP contribution in [0.2, 0.25) is 0 Å². The van der Waals surface area contributed by atoms with Gasteiger partial charge >= 0.3 is 12.1 Å². The van der Waals surface area contributed by atoms with Gasteiger partial charge in [-0.2, -0.15) is 18.2 Å². The van der Waals surface area contributed by atoms with Crippen LogP contribution in [0.3, 0.4) is 0 Å². The van der Waals surface area contributed by atoms with Gasteiger partial charge in [0, 0.05) is 23.6 Å². The first-order chi connectivity index (χ1) is 21.5. The molecule has 0 radical (unpaired) electrons. The molecule has 0 aliphatic heterocycles. The van der Waals surface area contributed by atoms with Gasteiger partial charge in [0.05, 0.1) is 12.8 Å². The third-order valence-corrected chi connectivity index (χ3v) is 7.28. The fourth-order valence-electron chi connectivity index (χ4n) is 4.90. The smallest absolute Gasteiger partial charge is 0.429 e. The fraction of sp³-hybridized carbons (Fsp3) is 0.147. The second kappa shape index (κ2) is 12.7. The monoisotopic (exact) mass is 614 g/mol. The van der Waals surface area contributed by atoms with Gasteiger partial charge in [0.1, 0.15) is 11.3 Å². The molecule has 0 bridgehead atoms. The van der Waals surface area contributed by atoms with E-state index in [1.165, 1.54) is 25.3 Å². The van der Waals surface area contributed by atoms with Crippen molar-refractivity contribution in [2.24, 2.45) is 5.73 Å². The van der Waals surface area contributed by atoms with Crippen molar-refractivity contribution in [3.63, 3.8) is 0 Å². The number of alkyl halides is 3. The Balaban J connectivity index is 1.38. The number of carboxylic acid groups (broad SMARTS) is 1. The third-order valence-electron chi connectivity index (χ3n) is 7.28. The Bertz CT molecular complexity index is 1780. The number of benzene rings is 4. The van der Waals surface area contributed by atoms with Crippen molar-refractivity contribution in [2.45, 2.75) is 24.2 Å². The molecule has 5 N–H and O–H groups in total. The number of nitrogens with two attached hydrogens (primary N) is 2. The lowest BCUT2D eigenvalue weighted by molar-refractivity contribution is -0.198. The standard InChI is InChI=1S/C34H29F3N4O4/c1-44-27-9-5-6-25(18-27)22-14-16-24(17-15-22)30(34(35,36)37)45-29-19-28(40-32(38)41-29)23-12-10-21(11-13-23)20-33(39,31(42)43)26-7-3-2-4-8-26/h2-19,30H,20,39H2,1H3,(H,42,43)(H2,38,40,41)/t30-,33+/m1/s1. The van der Waals surface area contributed by atoms with Gasteiger partial charge in [0.25, 0.3) is 0 Å². The van der Waals surface area contributed by atoms with Gasteiger partial charge in [-0.3, -0.25) is 0 Å². The topological polar surface area (TPSA) is 134 Å². The van der Waals surface area contributed by atoms with E-state index >= 15 is 0 Å². The van der Waals surface area contributed by atoms with E-state index in [1.807, 2.05) is 6.07 Å². The van der Waals surface area contributed by atoms with Crippen LogP contribution >= 0.6 is 0 Å². The summed E-state index contributed by atoms with van der Waals surface area (Å²) in [4.78, 5) is 20.2. The maximum Gasteiger partial charge on any atom is 0.429 e. The summed E-state index contributed by atoms with van der Waals surface area (Å²) in [6, 6.07) is 29.4. The lowest BCUT2D eigenvalue weighted by Gasteiger charge is -2.25. The highest BCUT2D eigenvalue weighted by molar-refractivity contribution is 5.81. The molecule has 0 amide bonds. The molecule has 5 aromatic rings. The van der Waals surface area contributed by atoms with Gasteiger partial charge in [-0.25, -0.2) is 9.78 Å². The Morgan fingerprint density at radius 2 is 1.51 bits per heavy atom. The number of ether oxygens (including phenoxy) is 2. The Hall–Kier alpha value is -5.42.